The van der Waals surface area contributed by atoms with Gasteiger partial charge in [-0.3, -0.25) is 0 Å². The molecule has 0 saturated carbocycles. The largest absolute Gasteiger partial charge is 0.461 e. The minimum absolute atomic E-state index is 0.226. The minimum Gasteiger partial charge on any atom is -0.461 e. The first kappa shape index (κ1) is 22.8. The standard InChI is InChI=1S/C28H32O3/c1-4-5-6-7-22-8-10-24(11-9-22)27-17-14-25(18-20(27)2)23-12-15-26(16-13-23)31-28(30)21(3)19-29/h8-18,28-30H,3-7,19H2,1-2H3. The topological polar surface area (TPSA) is 49.7 Å². The highest BCUT2D eigenvalue weighted by atomic mass is 16.6. The van der Waals surface area contributed by atoms with Crippen molar-refractivity contribution in [3.8, 4) is 28.0 Å². The van der Waals surface area contributed by atoms with Crippen molar-refractivity contribution in [2.24, 2.45) is 0 Å². The van der Waals surface area contributed by atoms with E-state index in [0.717, 1.165) is 17.5 Å². The number of aryl methyl sites for hydroxylation is 2. The van der Waals surface area contributed by atoms with Crippen LogP contribution in [0.4, 0.5) is 0 Å². The molecular weight excluding hydrogens is 384 g/mol. The van der Waals surface area contributed by atoms with Gasteiger partial charge in [0.05, 0.1) is 6.61 Å². The van der Waals surface area contributed by atoms with Gasteiger partial charge in [0.25, 0.3) is 0 Å². The van der Waals surface area contributed by atoms with Gasteiger partial charge in [-0.25, -0.2) is 0 Å². The van der Waals surface area contributed by atoms with Gasteiger partial charge in [0, 0.05) is 5.57 Å². The van der Waals surface area contributed by atoms with Crippen molar-refractivity contribution >= 4 is 0 Å². The van der Waals surface area contributed by atoms with E-state index in [1.165, 1.54) is 41.5 Å². The number of benzene rings is 3. The smallest absolute Gasteiger partial charge is 0.222 e. The highest BCUT2D eigenvalue weighted by Gasteiger charge is 2.10. The van der Waals surface area contributed by atoms with Crippen LogP contribution >= 0.6 is 0 Å². The molecule has 162 valence electrons. The van der Waals surface area contributed by atoms with Crippen molar-refractivity contribution in [1.29, 1.82) is 0 Å². The van der Waals surface area contributed by atoms with Crippen LogP contribution in [0.25, 0.3) is 22.3 Å². The zero-order valence-electron chi connectivity index (χ0n) is 18.5. The van der Waals surface area contributed by atoms with Gasteiger partial charge < -0.3 is 14.9 Å². The fraction of sp³-hybridized carbons (Fsp3) is 0.286. The first-order valence-corrected chi connectivity index (χ1v) is 11.0. The van der Waals surface area contributed by atoms with Crippen LogP contribution < -0.4 is 4.74 Å². The summed E-state index contributed by atoms with van der Waals surface area (Å²) in [6, 6.07) is 23.0. The molecule has 1 atom stereocenters. The van der Waals surface area contributed by atoms with Gasteiger partial charge in [0.1, 0.15) is 5.75 Å². The number of hydrogen-bond acceptors (Lipinski definition) is 3. The van der Waals surface area contributed by atoms with Crippen molar-refractivity contribution in [3.63, 3.8) is 0 Å². The molecule has 0 aliphatic carbocycles. The van der Waals surface area contributed by atoms with Gasteiger partial charge in [0.15, 0.2) is 0 Å². The van der Waals surface area contributed by atoms with Crippen molar-refractivity contribution in [2.45, 2.75) is 45.8 Å². The predicted octanol–water partition coefficient (Wildman–Crippen LogP) is 6.31. The van der Waals surface area contributed by atoms with Gasteiger partial charge >= 0.3 is 0 Å². The molecule has 3 aromatic carbocycles. The van der Waals surface area contributed by atoms with Gasteiger partial charge in [0.2, 0.25) is 6.29 Å². The lowest BCUT2D eigenvalue weighted by Gasteiger charge is -2.15. The van der Waals surface area contributed by atoms with E-state index in [4.69, 9.17) is 9.84 Å². The SMILES string of the molecule is C=C(CO)C(O)Oc1ccc(-c2ccc(-c3ccc(CCCCC)cc3)c(C)c2)cc1. The Morgan fingerprint density at radius 3 is 2.16 bits per heavy atom. The highest BCUT2D eigenvalue weighted by molar-refractivity contribution is 5.73. The van der Waals surface area contributed by atoms with Crippen LogP contribution in [0.1, 0.15) is 37.3 Å². The Balaban J connectivity index is 1.71. The Bertz CT molecular complexity index is 988. The molecule has 0 aromatic heterocycles. The van der Waals surface area contributed by atoms with Crippen molar-refractivity contribution in [1.82, 2.24) is 0 Å². The summed E-state index contributed by atoms with van der Waals surface area (Å²) in [7, 11) is 0. The molecule has 0 fully saturated rings. The van der Waals surface area contributed by atoms with Crippen molar-refractivity contribution in [3.05, 3.63) is 90.0 Å². The first-order valence-electron chi connectivity index (χ1n) is 11.0. The summed E-state index contributed by atoms with van der Waals surface area (Å²) in [5.41, 5.74) is 7.55. The van der Waals surface area contributed by atoms with Gasteiger partial charge in [-0.2, -0.15) is 0 Å². The maximum absolute atomic E-state index is 9.82. The Kier molecular flexibility index (Phi) is 8.05. The summed E-state index contributed by atoms with van der Waals surface area (Å²) < 4.78 is 5.39. The number of hydrogen-bond donors (Lipinski definition) is 2. The summed E-state index contributed by atoms with van der Waals surface area (Å²) in [6.07, 6.45) is 3.73. The number of aliphatic hydroxyl groups excluding tert-OH is 2. The van der Waals surface area contributed by atoms with E-state index in [1.807, 2.05) is 24.3 Å². The molecule has 31 heavy (non-hydrogen) atoms. The van der Waals surface area contributed by atoms with Crippen LogP contribution in [-0.4, -0.2) is 23.1 Å². The Morgan fingerprint density at radius 1 is 0.903 bits per heavy atom. The van der Waals surface area contributed by atoms with E-state index in [0.29, 0.717) is 5.75 Å². The monoisotopic (exact) mass is 416 g/mol. The lowest BCUT2D eigenvalue weighted by molar-refractivity contribution is 0.00743. The summed E-state index contributed by atoms with van der Waals surface area (Å²) in [5.74, 6) is 0.526. The van der Waals surface area contributed by atoms with Crippen LogP contribution in [0.5, 0.6) is 5.75 Å². The van der Waals surface area contributed by atoms with E-state index in [2.05, 4.69) is 62.9 Å². The second-order valence-corrected chi connectivity index (χ2v) is 7.99. The number of rotatable bonds is 10. The van der Waals surface area contributed by atoms with E-state index >= 15 is 0 Å². The van der Waals surface area contributed by atoms with E-state index in [1.54, 1.807) is 0 Å². The summed E-state index contributed by atoms with van der Waals surface area (Å²) in [4.78, 5) is 0. The fourth-order valence-corrected chi connectivity index (χ4v) is 3.61. The zero-order valence-corrected chi connectivity index (χ0v) is 18.5. The Hall–Kier alpha value is -2.88. The maximum Gasteiger partial charge on any atom is 0.222 e. The minimum atomic E-state index is -1.21. The maximum atomic E-state index is 9.82. The summed E-state index contributed by atoms with van der Waals surface area (Å²) in [6.45, 7) is 7.64. The van der Waals surface area contributed by atoms with E-state index in [9.17, 15) is 5.11 Å². The third-order valence-electron chi connectivity index (χ3n) is 5.55. The molecule has 3 rings (SSSR count). The summed E-state index contributed by atoms with van der Waals surface area (Å²) >= 11 is 0. The molecule has 0 saturated heterocycles. The second-order valence-electron chi connectivity index (χ2n) is 7.99. The van der Waals surface area contributed by atoms with E-state index < -0.39 is 6.29 Å². The van der Waals surface area contributed by atoms with Crippen LogP contribution in [-0.2, 0) is 6.42 Å². The molecule has 0 amide bonds. The molecule has 3 nitrogen and oxygen atoms in total. The third kappa shape index (κ3) is 6.06. The van der Waals surface area contributed by atoms with Crippen LogP contribution in [0.3, 0.4) is 0 Å². The van der Waals surface area contributed by atoms with Gasteiger partial charge in [-0.1, -0.05) is 80.9 Å². The molecule has 3 aromatic rings. The summed E-state index contributed by atoms with van der Waals surface area (Å²) in [5, 5.41) is 18.8. The van der Waals surface area contributed by atoms with Gasteiger partial charge in [-0.05, 0) is 65.3 Å². The normalized spacial score (nSPS) is 11.9. The zero-order chi connectivity index (χ0) is 22.2. The van der Waals surface area contributed by atoms with Crippen LogP contribution in [0.2, 0.25) is 0 Å². The predicted molar refractivity (Wildman–Crippen MR) is 128 cm³/mol. The Morgan fingerprint density at radius 2 is 1.55 bits per heavy atom. The molecule has 0 radical (unpaired) electrons. The molecular formula is C28H32O3. The molecule has 2 N–H and O–H groups in total. The lowest BCUT2D eigenvalue weighted by atomic mass is 9.94. The quantitative estimate of drug-likeness (QED) is 0.231. The van der Waals surface area contributed by atoms with Crippen LogP contribution in [0.15, 0.2) is 78.9 Å². The molecule has 1 unspecified atom stereocenters. The second kappa shape index (κ2) is 10.9. The van der Waals surface area contributed by atoms with Gasteiger partial charge in [-0.15, -0.1) is 0 Å². The molecule has 0 spiro atoms. The van der Waals surface area contributed by atoms with Crippen LogP contribution in [0, 0.1) is 6.92 Å². The highest BCUT2D eigenvalue weighted by Crippen LogP contribution is 2.30. The lowest BCUT2D eigenvalue weighted by Crippen LogP contribution is -2.19. The molecule has 0 heterocycles. The van der Waals surface area contributed by atoms with Crippen molar-refractivity contribution < 1.29 is 14.9 Å². The molecule has 0 aliphatic heterocycles. The van der Waals surface area contributed by atoms with E-state index in [-0.39, 0.29) is 12.2 Å². The third-order valence-corrected chi connectivity index (χ3v) is 5.55. The number of aliphatic hydroxyl groups is 2. The molecule has 3 heteroatoms. The molecule has 0 aliphatic rings. The average molecular weight is 417 g/mol. The fourth-order valence-electron chi connectivity index (χ4n) is 3.61. The number of unbranched alkanes of at least 4 members (excludes halogenated alkanes) is 2. The Labute approximate surface area is 185 Å². The van der Waals surface area contributed by atoms with Crippen molar-refractivity contribution in [2.75, 3.05) is 6.61 Å². The molecule has 0 bridgehead atoms. The number of ether oxygens (including phenoxy) is 1. The first-order chi connectivity index (χ1) is 15.0. The average Bonchev–Trinajstić information content (AvgIpc) is 2.79.